The average molecular weight is 275 g/mol. The first-order valence-corrected chi connectivity index (χ1v) is 7.85. The van der Waals surface area contributed by atoms with Crippen LogP contribution >= 0.6 is 0 Å². The maximum Gasteiger partial charge on any atom is 0.0623 e. The van der Waals surface area contributed by atoms with Crippen LogP contribution in [0.2, 0.25) is 0 Å². The van der Waals surface area contributed by atoms with E-state index in [9.17, 15) is 0 Å². The molecule has 2 nitrogen and oxygen atoms in total. The standard InChI is InChI=1S/C18H29NO/c1-18(2,20-4)12-11-17(19-3)16-10-9-14-7-5-6-8-15(14)13-16/h5-8,16-17,19H,9-13H2,1-4H3. The smallest absolute Gasteiger partial charge is 0.0623 e. The second kappa shape index (κ2) is 6.73. The first kappa shape index (κ1) is 15.5. The van der Waals surface area contributed by atoms with E-state index in [-0.39, 0.29) is 5.60 Å². The van der Waals surface area contributed by atoms with Gasteiger partial charge in [-0.2, -0.15) is 0 Å². The molecule has 0 amide bonds. The van der Waals surface area contributed by atoms with Crippen molar-refractivity contribution in [1.82, 2.24) is 5.32 Å². The third kappa shape index (κ3) is 3.83. The molecule has 112 valence electrons. The lowest BCUT2D eigenvalue weighted by Gasteiger charge is -2.33. The summed E-state index contributed by atoms with van der Waals surface area (Å²) in [6.07, 6.45) is 6.04. The molecule has 0 radical (unpaired) electrons. The molecule has 2 unspecified atom stereocenters. The van der Waals surface area contributed by atoms with Crippen LogP contribution in [-0.2, 0) is 17.6 Å². The molecular weight excluding hydrogens is 246 g/mol. The fourth-order valence-corrected chi connectivity index (χ4v) is 3.29. The molecule has 0 bridgehead atoms. The Hall–Kier alpha value is -0.860. The first-order valence-electron chi connectivity index (χ1n) is 7.85. The number of benzene rings is 1. The molecule has 0 fully saturated rings. The highest BCUT2D eigenvalue weighted by atomic mass is 16.5. The van der Waals surface area contributed by atoms with Gasteiger partial charge in [0.05, 0.1) is 5.60 Å². The number of ether oxygens (including phenoxy) is 1. The van der Waals surface area contributed by atoms with E-state index in [0.29, 0.717) is 6.04 Å². The van der Waals surface area contributed by atoms with E-state index in [0.717, 1.165) is 12.3 Å². The summed E-state index contributed by atoms with van der Waals surface area (Å²) >= 11 is 0. The van der Waals surface area contributed by atoms with Gasteiger partial charge in [0.25, 0.3) is 0 Å². The minimum absolute atomic E-state index is 0.0122. The summed E-state index contributed by atoms with van der Waals surface area (Å²) in [7, 11) is 3.91. The highest BCUT2D eigenvalue weighted by Gasteiger charge is 2.27. The zero-order valence-electron chi connectivity index (χ0n) is 13.4. The largest absolute Gasteiger partial charge is 0.379 e. The van der Waals surface area contributed by atoms with Gasteiger partial charge in [0, 0.05) is 13.2 Å². The minimum atomic E-state index is -0.0122. The van der Waals surface area contributed by atoms with Crippen LogP contribution in [0.15, 0.2) is 24.3 Å². The Bertz CT molecular complexity index is 427. The number of hydrogen-bond donors (Lipinski definition) is 1. The molecule has 0 saturated carbocycles. The van der Waals surface area contributed by atoms with Gasteiger partial charge in [-0.3, -0.25) is 0 Å². The van der Waals surface area contributed by atoms with Gasteiger partial charge < -0.3 is 10.1 Å². The molecule has 1 aliphatic rings. The molecule has 0 spiro atoms. The molecule has 1 aromatic rings. The first-order chi connectivity index (χ1) is 9.55. The highest BCUT2D eigenvalue weighted by molar-refractivity contribution is 5.30. The van der Waals surface area contributed by atoms with E-state index in [1.54, 1.807) is 11.1 Å². The zero-order valence-corrected chi connectivity index (χ0v) is 13.4. The average Bonchev–Trinajstić information content (AvgIpc) is 2.47. The van der Waals surface area contributed by atoms with E-state index >= 15 is 0 Å². The minimum Gasteiger partial charge on any atom is -0.379 e. The molecule has 1 aliphatic carbocycles. The van der Waals surface area contributed by atoms with Gasteiger partial charge in [-0.15, -0.1) is 0 Å². The number of aryl methyl sites for hydroxylation is 1. The van der Waals surface area contributed by atoms with Crippen molar-refractivity contribution in [2.45, 2.75) is 57.6 Å². The summed E-state index contributed by atoms with van der Waals surface area (Å²) in [5, 5.41) is 3.54. The molecular formula is C18H29NO. The van der Waals surface area contributed by atoms with Crippen molar-refractivity contribution in [3.05, 3.63) is 35.4 Å². The summed E-state index contributed by atoms with van der Waals surface area (Å²) in [6, 6.07) is 9.51. The van der Waals surface area contributed by atoms with E-state index in [1.807, 2.05) is 7.11 Å². The van der Waals surface area contributed by atoms with Crippen LogP contribution in [0.3, 0.4) is 0 Å². The second-order valence-electron chi connectivity index (χ2n) is 6.67. The Morgan fingerprint density at radius 2 is 2.00 bits per heavy atom. The fraction of sp³-hybridized carbons (Fsp3) is 0.667. The molecule has 0 saturated heterocycles. The van der Waals surface area contributed by atoms with Crippen LogP contribution in [0.5, 0.6) is 0 Å². The number of fused-ring (bicyclic) bond motifs is 1. The van der Waals surface area contributed by atoms with Gasteiger partial charge in [-0.05, 0) is 70.0 Å². The van der Waals surface area contributed by atoms with Crippen LogP contribution in [0.1, 0.15) is 44.2 Å². The van der Waals surface area contributed by atoms with Crippen molar-refractivity contribution in [2.24, 2.45) is 5.92 Å². The van der Waals surface area contributed by atoms with Gasteiger partial charge in [0.15, 0.2) is 0 Å². The van der Waals surface area contributed by atoms with Crippen LogP contribution in [0.25, 0.3) is 0 Å². The Morgan fingerprint density at radius 1 is 1.30 bits per heavy atom. The van der Waals surface area contributed by atoms with Crippen molar-refractivity contribution in [1.29, 1.82) is 0 Å². The Balaban J connectivity index is 1.96. The zero-order chi connectivity index (χ0) is 14.6. The molecule has 0 heterocycles. The number of nitrogens with one attached hydrogen (secondary N) is 1. The topological polar surface area (TPSA) is 21.3 Å². The maximum absolute atomic E-state index is 5.55. The summed E-state index contributed by atoms with van der Waals surface area (Å²) in [6.45, 7) is 4.35. The van der Waals surface area contributed by atoms with Crippen molar-refractivity contribution in [2.75, 3.05) is 14.2 Å². The van der Waals surface area contributed by atoms with Gasteiger partial charge >= 0.3 is 0 Å². The van der Waals surface area contributed by atoms with Gasteiger partial charge in [-0.1, -0.05) is 24.3 Å². The fourth-order valence-electron chi connectivity index (χ4n) is 3.29. The van der Waals surface area contributed by atoms with Crippen molar-refractivity contribution < 1.29 is 4.74 Å². The summed E-state index contributed by atoms with van der Waals surface area (Å²) in [5.41, 5.74) is 3.09. The second-order valence-corrected chi connectivity index (χ2v) is 6.67. The number of rotatable bonds is 6. The third-order valence-corrected chi connectivity index (χ3v) is 4.93. The quantitative estimate of drug-likeness (QED) is 0.856. The predicted molar refractivity (Wildman–Crippen MR) is 85.1 cm³/mol. The lowest BCUT2D eigenvalue weighted by atomic mass is 9.78. The monoisotopic (exact) mass is 275 g/mol. The van der Waals surface area contributed by atoms with E-state index in [2.05, 4.69) is 50.5 Å². The molecule has 1 aromatic carbocycles. The Kier molecular flexibility index (Phi) is 5.22. The van der Waals surface area contributed by atoms with Crippen molar-refractivity contribution in [3.63, 3.8) is 0 Å². The molecule has 2 rings (SSSR count). The lowest BCUT2D eigenvalue weighted by Crippen LogP contribution is -2.38. The third-order valence-electron chi connectivity index (χ3n) is 4.93. The highest BCUT2D eigenvalue weighted by Crippen LogP contribution is 2.30. The van der Waals surface area contributed by atoms with Crippen molar-refractivity contribution >= 4 is 0 Å². The number of hydrogen-bond acceptors (Lipinski definition) is 2. The van der Waals surface area contributed by atoms with Crippen LogP contribution in [0.4, 0.5) is 0 Å². The van der Waals surface area contributed by atoms with Crippen LogP contribution in [0, 0.1) is 5.92 Å². The van der Waals surface area contributed by atoms with Crippen LogP contribution in [-0.4, -0.2) is 25.8 Å². The van der Waals surface area contributed by atoms with E-state index in [4.69, 9.17) is 4.74 Å². The van der Waals surface area contributed by atoms with Gasteiger partial charge in [0.2, 0.25) is 0 Å². The summed E-state index contributed by atoms with van der Waals surface area (Å²) in [5.74, 6) is 0.752. The molecule has 20 heavy (non-hydrogen) atoms. The van der Waals surface area contributed by atoms with Gasteiger partial charge in [0.1, 0.15) is 0 Å². The molecule has 2 heteroatoms. The normalized spacial score (nSPS) is 20.5. The summed E-state index contributed by atoms with van der Waals surface area (Å²) < 4.78 is 5.55. The van der Waals surface area contributed by atoms with Crippen molar-refractivity contribution in [3.8, 4) is 0 Å². The summed E-state index contributed by atoms with van der Waals surface area (Å²) in [4.78, 5) is 0. The van der Waals surface area contributed by atoms with E-state index < -0.39 is 0 Å². The Labute approximate surface area is 123 Å². The van der Waals surface area contributed by atoms with Gasteiger partial charge in [-0.25, -0.2) is 0 Å². The lowest BCUT2D eigenvalue weighted by molar-refractivity contribution is 0.0102. The number of methoxy groups -OCH3 is 1. The predicted octanol–water partition coefficient (Wildman–Crippen LogP) is 3.58. The molecule has 2 atom stereocenters. The molecule has 0 aromatic heterocycles. The van der Waals surface area contributed by atoms with Crippen LogP contribution < -0.4 is 5.32 Å². The Morgan fingerprint density at radius 3 is 2.65 bits per heavy atom. The molecule has 0 aliphatic heterocycles. The maximum atomic E-state index is 5.55. The van der Waals surface area contributed by atoms with E-state index in [1.165, 1.54) is 25.7 Å². The molecule has 1 N–H and O–H groups in total. The SMILES string of the molecule is CNC(CCC(C)(C)OC)C1CCc2ccccc2C1.